The van der Waals surface area contributed by atoms with Gasteiger partial charge in [-0.25, -0.2) is 9.37 Å². The standard InChI is InChI=1S/C20H23ClFN3O/c21-17-6-9-20(23-15-17)25-12-2-11-24(13-14-25)10-1-3-19(26)16-4-7-18(22)8-5-16/h4-9,15H,1-3,10-14H2. The highest BCUT2D eigenvalue weighted by Gasteiger charge is 2.16. The monoisotopic (exact) mass is 375 g/mol. The molecule has 4 nitrogen and oxygen atoms in total. The molecule has 0 radical (unpaired) electrons. The van der Waals surface area contributed by atoms with Crippen molar-refractivity contribution in [1.29, 1.82) is 0 Å². The van der Waals surface area contributed by atoms with Crippen LogP contribution < -0.4 is 4.90 Å². The molecule has 1 fully saturated rings. The molecule has 0 unspecified atom stereocenters. The Morgan fingerprint density at radius 1 is 1.08 bits per heavy atom. The molecule has 1 aromatic heterocycles. The summed E-state index contributed by atoms with van der Waals surface area (Å²) in [7, 11) is 0. The van der Waals surface area contributed by atoms with Crippen molar-refractivity contribution >= 4 is 23.2 Å². The number of carbonyl (C=O) groups excluding carboxylic acids is 1. The molecule has 138 valence electrons. The van der Waals surface area contributed by atoms with Crippen LogP contribution in [-0.4, -0.2) is 48.4 Å². The summed E-state index contributed by atoms with van der Waals surface area (Å²) in [5.74, 6) is 0.723. The van der Waals surface area contributed by atoms with Crippen LogP contribution in [0.2, 0.25) is 5.02 Å². The summed E-state index contributed by atoms with van der Waals surface area (Å²) in [5, 5.41) is 0.649. The molecule has 0 aliphatic carbocycles. The SMILES string of the molecule is O=C(CCCN1CCCN(c2ccc(Cl)cn2)CC1)c1ccc(F)cc1. The van der Waals surface area contributed by atoms with Gasteiger partial charge in [-0.2, -0.15) is 0 Å². The number of benzene rings is 1. The van der Waals surface area contributed by atoms with E-state index in [9.17, 15) is 9.18 Å². The van der Waals surface area contributed by atoms with E-state index in [4.69, 9.17) is 11.6 Å². The summed E-state index contributed by atoms with van der Waals surface area (Å²) in [6, 6.07) is 9.61. The van der Waals surface area contributed by atoms with Crippen LogP contribution in [-0.2, 0) is 0 Å². The third-order valence-electron chi connectivity index (χ3n) is 4.67. The Labute approximate surface area is 158 Å². The summed E-state index contributed by atoms with van der Waals surface area (Å²) in [6.07, 6.45) is 4.05. The summed E-state index contributed by atoms with van der Waals surface area (Å²) >= 11 is 5.91. The van der Waals surface area contributed by atoms with Gasteiger partial charge in [-0.15, -0.1) is 0 Å². The number of aromatic nitrogens is 1. The van der Waals surface area contributed by atoms with Gasteiger partial charge in [0.1, 0.15) is 11.6 Å². The number of pyridine rings is 1. The zero-order valence-electron chi connectivity index (χ0n) is 14.7. The number of carbonyl (C=O) groups is 1. The lowest BCUT2D eigenvalue weighted by Gasteiger charge is -2.22. The smallest absolute Gasteiger partial charge is 0.162 e. The number of rotatable bonds is 6. The van der Waals surface area contributed by atoms with Crippen LogP contribution in [0.3, 0.4) is 0 Å². The lowest BCUT2D eigenvalue weighted by molar-refractivity contribution is 0.0975. The lowest BCUT2D eigenvalue weighted by atomic mass is 10.1. The van der Waals surface area contributed by atoms with Crippen LogP contribution in [0.25, 0.3) is 0 Å². The molecule has 2 aromatic rings. The minimum atomic E-state index is -0.314. The third-order valence-corrected chi connectivity index (χ3v) is 4.89. The van der Waals surface area contributed by atoms with E-state index in [2.05, 4.69) is 14.8 Å². The Balaban J connectivity index is 1.44. The first-order chi connectivity index (χ1) is 12.6. The highest BCUT2D eigenvalue weighted by molar-refractivity contribution is 6.30. The molecule has 0 atom stereocenters. The molecule has 6 heteroatoms. The van der Waals surface area contributed by atoms with Gasteiger partial charge in [-0.3, -0.25) is 4.79 Å². The summed E-state index contributed by atoms with van der Waals surface area (Å²) in [5.41, 5.74) is 0.585. The van der Waals surface area contributed by atoms with E-state index in [0.717, 1.165) is 51.4 Å². The van der Waals surface area contributed by atoms with Crippen molar-refractivity contribution in [2.24, 2.45) is 0 Å². The minimum absolute atomic E-state index is 0.0758. The van der Waals surface area contributed by atoms with Crippen LogP contribution in [0, 0.1) is 5.82 Å². The number of halogens is 2. The Morgan fingerprint density at radius 2 is 1.88 bits per heavy atom. The first-order valence-corrected chi connectivity index (χ1v) is 9.37. The Kier molecular flexibility index (Phi) is 6.58. The van der Waals surface area contributed by atoms with E-state index in [1.165, 1.54) is 12.1 Å². The molecule has 0 spiro atoms. The average Bonchev–Trinajstić information content (AvgIpc) is 2.89. The van der Waals surface area contributed by atoms with Gasteiger partial charge in [-0.1, -0.05) is 11.6 Å². The quantitative estimate of drug-likeness (QED) is 0.714. The molecule has 0 N–H and O–H groups in total. The highest BCUT2D eigenvalue weighted by Crippen LogP contribution is 2.16. The van der Waals surface area contributed by atoms with Crippen LogP contribution in [0.15, 0.2) is 42.6 Å². The van der Waals surface area contributed by atoms with Gasteiger partial charge < -0.3 is 9.80 Å². The third kappa shape index (κ3) is 5.26. The molecule has 0 saturated carbocycles. The maximum atomic E-state index is 12.9. The van der Waals surface area contributed by atoms with Crippen LogP contribution in [0.5, 0.6) is 0 Å². The first-order valence-electron chi connectivity index (χ1n) is 8.99. The topological polar surface area (TPSA) is 36.4 Å². The number of anilines is 1. The van der Waals surface area contributed by atoms with E-state index in [0.29, 0.717) is 17.0 Å². The van der Waals surface area contributed by atoms with Crippen LogP contribution in [0.4, 0.5) is 10.2 Å². The number of ketones is 1. The van der Waals surface area contributed by atoms with Crippen molar-refractivity contribution in [2.45, 2.75) is 19.3 Å². The van der Waals surface area contributed by atoms with Crippen molar-refractivity contribution in [2.75, 3.05) is 37.6 Å². The molecule has 0 bridgehead atoms. The van der Waals surface area contributed by atoms with Gasteiger partial charge in [0.2, 0.25) is 0 Å². The number of hydrogen-bond acceptors (Lipinski definition) is 4. The van der Waals surface area contributed by atoms with Crippen molar-refractivity contribution in [3.8, 4) is 0 Å². The summed E-state index contributed by atoms with van der Waals surface area (Å²) < 4.78 is 12.9. The van der Waals surface area contributed by atoms with Gasteiger partial charge in [0.15, 0.2) is 5.78 Å². The Bertz CT molecular complexity index is 721. The van der Waals surface area contributed by atoms with Crippen molar-refractivity contribution in [3.63, 3.8) is 0 Å². The Hall–Kier alpha value is -1.98. The molecule has 1 aromatic carbocycles. The molecule has 1 saturated heterocycles. The van der Waals surface area contributed by atoms with Crippen molar-refractivity contribution in [3.05, 3.63) is 59.0 Å². The van der Waals surface area contributed by atoms with E-state index in [1.807, 2.05) is 12.1 Å². The van der Waals surface area contributed by atoms with E-state index < -0.39 is 0 Å². The number of Topliss-reactive ketones (excluding diaryl/α,β-unsaturated/α-hetero) is 1. The minimum Gasteiger partial charge on any atom is -0.355 e. The molecule has 26 heavy (non-hydrogen) atoms. The molecular formula is C20H23ClFN3O. The molecule has 1 aliphatic heterocycles. The zero-order chi connectivity index (χ0) is 18.4. The Morgan fingerprint density at radius 3 is 2.62 bits per heavy atom. The van der Waals surface area contributed by atoms with Crippen molar-refractivity contribution in [1.82, 2.24) is 9.88 Å². The highest BCUT2D eigenvalue weighted by atomic mass is 35.5. The second kappa shape index (κ2) is 9.10. The predicted molar refractivity (Wildman–Crippen MR) is 102 cm³/mol. The molecular weight excluding hydrogens is 353 g/mol. The fraction of sp³-hybridized carbons (Fsp3) is 0.400. The maximum absolute atomic E-state index is 12.9. The van der Waals surface area contributed by atoms with Gasteiger partial charge >= 0.3 is 0 Å². The predicted octanol–water partition coefficient (Wildman–Crippen LogP) is 4.05. The molecule has 1 aliphatic rings. The average molecular weight is 376 g/mol. The normalized spacial score (nSPS) is 15.7. The molecule has 3 rings (SSSR count). The second-order valence-electron chi connectivity index (χ2n) is 6.55. The molecule has 2 heterocycles. The molecule has 0 amide bonds. The lowest BCUT2D eigenvalue weighted by Crippen LogP contribution is -2.31. The van der Waals surface area contributed by atoms with Crippen molar-refractivity contribution < 1.29 is 9.18 Å². The summed E-state index contributed by atoms with van der Waals surface area (Å²) in [4.78, 5) is 21.2. The van der Waals surface area contributed by atoms with Gasteiger partial charge in [0.05, 0.1) is 5.02 Å². The number of hydrogen-bond donors (Lipinski definition) is 0. The van der Waals surface area contributed by atoms with Gasteiger partial charge in [-0.05, 0) is 62.3 Å². The maximum Gasteiger partial charge on any atom is 0.162 e. The second-order valence-corrected chi connectivity index (χ2v) is 6.99. The first kappa shape index (κ1) is 18.8. The van der Waals surface area contributed by atoms with E-state index in [1.54, 1.807) is 18.3 Å². The fourth-order valence-corrected chi connectivity index (χ4v) is 3.33. The largest absolute Gasteiger partial charge is 0.355 e. The number of nitrogens with zero attached hydrogens (tertiary/aromatic N) is 3. The van der Waals surface area contributed by atoms with E-state index in [-0.39, 0.29) is 11.6 Å². The van der Waals surface area contributed by atoms with Gasteiger partial charge in [0, 0.05) is 37.8 Å². The van der Waals surface area contributed by atoms with Crippen LogP contribution >= 0.6 is 11.6 Å². The zero-order valence-corrected chi connectivity index (χ0v) is 15.5. The summed E-state index contributed by atoms with van der Waals surface area (Å²) in [6.45, 7) is 4.76. The van der Waals surface area contributed by atoms with Crippen LogP contribution in [0.1, 0.15) is 29.6 Å². The van der Waals surface area contributed by atoms with Gasteiger partial charge in [0.25, 0.3) is 0 Å². The fourth-order valence-electron chi connectivity index (χ4n) is 3.22. The van der Waals surface area contributed by atoms with E-state index >= 15 is 0 Å².